The highest BCUT2D eigenvalue weighted by atomic mass is 16.2. The maximum Gasteiger partial charge on any atom is 0.252 e. The second-order valence-electron chi connectivity index (χ2n) is 8.82. The third-order valence-corrected chi connectivity index (χ3v) is 7.01. The van der Waals surface area contributed by atoms with Crippen LogP contribution >= 0.6 is 0 Å². The first kappa shape index (κ1) is 17.7. The smallest absolute Gasteiger partial charge is 0.252 e. The number of H-pyrrole nitrogens is 1. The normalized spacial score (nSPS) is 19.7. The van der Waals surface area contributed by atoms with E-state index in [-0.39, 0.29) is 11.4 Å². The average molecular weight is 396 g/mol. The lowest BCUT2D eigenvalue weighted by Gasteiger charge is -2.34. The van der Waals surface area contributed by atoms with Crippen molar-refractivity contribution in [1.82, 2.24) is 15.3 Å². The van der Waals surface area contributed by atoms with Crippen LogP contribution in [-0.2, 0) is 5.54 Å². The molecule has 3 heterocycles. The van der Waals surface area contributed by atoms with Crippen LogP contribution in [0.3, 0.4) is 0 Å². The number of carbonyl (C=O) groups is 1. The largest absolute Gasteiger partial charge is 0.346 e. The number of carbonyl (C=O) groups excluding carboxylic acids is 1. The summed E-state index contributed by atoms with van der Waals surface area (Å²) in [5.74, 6) is 0.0809. The van der Waals surface area contributed by atoms with Crippen LogP contribution in [0.5, 0.6) is 0 Å². The predicted octanol–water partition coefficient (Wildman–Crippen LogP) is 5.87. The number of rotatable bonds is 2. The third kappa shape index (κ3) is 2.67. The van der Waals surface area contributed by atoms with E-state index in [1.54, 1.807) is 0 Å². The van der Waals surface area contributed by atoms with Gasteiger partial charge in [-0.25, -0.2) is 4.98 Å². The second-order valence-corrected chi connectivity index (χ2v) is 8.82. The van der Waals surface area contributed by atoms with Crippen molar-refractivity contribution in [2.45, 2.75) is 50.5 Å². The monoisotopic (exact) mass is 395 g/mol. The molecule has 2 aliphatic carbocycles. The lowest BCUT2D eigenvalue weighted by atomic mass is 9.77. The molecule has 3 aliphatic rings. The van der Waals surface area contributed by atoms with Crippen molar-refractivity contribution in [1.29, 1.82) is 0 Å². The zero-order chi connectivity index (χ0) is 20.1. The maximum absolute atomic E-state index is 12.6. The minimum Gasteiger partial charge on any atom is -0.346 e. The van der Waals surface area contributed by atoms with Crippen molar-refractivity contribution in [3.8, 4) is 11.1 Å². The Balaban J connectivity index is 1.47. The van der Waals surface area contributed by atoms with Crippen LogP contribution in [-0.4, -0.2) is 15.9 Å². The van der Waals surface area contributed by atoms with Gasteiger partial charge in [0, 0.05) is 34.5 Å². The standard InChI is InChI=1S/C26H25N3O/c30-25-20-10-9-18(14-23(20)26(29-25)11-5-2-6-12-26)22-16-28-24-21(22)13-19(15-27-24)17-7-3-1-4-8-17/h3,7-10,13-16H,1-2,4-6,11-12H2,(H,27,28)(H,29,30). The van der Waals surface area contributed by atoms with Crippen molar-refractivity contribution in [3.63, 3.8) is 0 Å². The van der Waals surface area contributed by atoms with Gasteiger partial charge < -0.3 is 10.3 Å². The molecule has 150 valence electrons. The number of hydrogen-bond acceptors (Lipinski definition) is 2. The molecule has 0 unspecified atom stereocenters. The molecule has 3 aromatic rings. The lowest BCUT2D eigenvalue weighted by Crippen LogP contribution is -2.40. The van der Waals surface area contributed by atoms with Gasteiger partial charge in [-0.05, 0) is 60.6 Å². The molecule has 30 heavy (non-hydrogen) atoms. The number of fused-ring (bicyclic) bond motifs is 3. The highest BCUT2D eigenvalue weighted by molar-refractivity contribution is 6.02. The molecule has 2 aromatic heterocycles. The molecule has 1 aromatic carbocycles. The van der Waals surface area contributed by atoms with E-state index in [2.05, 4.69) is 51.7 Å². The van der Waals surface area contributed by atoms with Gasteiger partial charge in [-0.15, -0.1) is 0 Å². The summed E-state index contributed by atoms with van der Waals surface area (Å²) in [4.78, 5) is 20.6. The molecule has 1 saturated carbocycles. The minimum atomic E-state index is -0.173. The van der Waals surface area contributed by atoms with E-state index in [1.807, 2.05) is 18.5 Å². The summed E-state index contributed by atoms with van der Waals surface area (Å²) in [5.41, 5.74) is 7.44. The number of nitrogens with zero attached hydrogens (tertiary/aromatic N) is 1. The van der Waals surface area contributed by atoms with Gasteiger partial charge in [-0.3, -0.25) is 4.79 Å². The molecule has 0 atom stereocenters. The van der Waals surface area contributed by atoms with Crippen LogP contribution in [0.1, 0.15) is 66.4 Å². The molecule has 0 bridgehead atoms. The van der Waals surface area contributed by atoms with E-state index in [0.29, 0.717) is 0 Å². The van der Waals surface area contributed by atoms with Crippen molar-refractivity contribution in [2.75, 3.05) is 0 Å². The van der Waals surface area contributed by atoms with Crippen LogP contribution in [0.2, 0.25) is 0 Å². The summed E-state index contributed by atoms with van der Waals surface area (Å²) in [6.07, 6.45) is 18.6. The first-order valence-electron chi connectivity index (χ1n) is 11.1. The highest BCUT2D eigenvalue weighted by Crippen LogP contribution is 2.44. The maximum atomic E-state index is 12.6. The number of hydrogen-bond donors (Lipinski definition) is 2. The van der Waals surface area contributed by atoms with Crippen LogP contribution in [0.25, 0.3) is 27.7 Å². The first-order chi connectivity index (χ1) is 14.7. The average Bonchev–Trinajstić information content (AvgIpc) is 3.33. The summed E-state index contributed by atoms with van der Waals surface area (Å²) in [6.45, 7) is 0. The molecule has 1 aliphatic heterocycles. The highest BCUT2D eigenvalue weighted by Gasteiger charge is 2.43. The van der Waals surface area contributed by atoms with Gasteiger partial charge in [0.25, 0.3) is 5.91 Å². The lowest BCUT2D eigenvalue weighted by molar-refractivity contribution is 0.0909. The van der Waals surface area contributed by atoms with Crippen molar-refractivity contribution >= 4 is 22.5 Å². The van der Waals surface area contributed by atoms with Crippen molar-refractivity contribution in [2.24, 2.45) is 0 Å². The van der Waals surface area contributed by atoms with E-state index >= 15 is 0 Å². The Bertz CT molecular complexity index is 1220. The zero-order valence-electron chi connectivity index (χ0n) is 17.0. The van der Waals surface area contributed by atoms with Crippen molar-refractivity contribution in [3.05, 3.63) is 71.6 Å². The van der Waals surface area contributed by atoms with Crippen LogP contribution < -0.4 is 5.32 Å². The van der Waals surface area contributed by atoms with Gasteiger partial charge in [0.2, 0.25) is 0 Å². The van der Waals surface area contributed by atoms with E-state index in [9.17, 15) is 4.79 Å². The predicted molar refractivity (Wildman–Crippen MR) is 120 cm³/mol. The molecule has 0 radical (unpaired) electrons. The molecule has 4 nitrogen and oxygen atoms in total. The fourth-order valence-electron chi connectivity index (χ4n) is 5.43. The second kappa shape index (κ2) is 6.69. The molecule has 4 heteroatoms. The Labute approximate surface area is 176 Å². The SMILES string of the molecule is O=C1NC2(CCCCC2)c2cc(-c3c[nH]c4ncc(C5=CCCC=C5)cc34)ccc21. The minimum absolute atomic E-state index is 0.0809. The number of aromatic nitrogens is 2. The molecule has 2 N–H and O–H groups in total. The Kier molecular flexibility index (Phi) is 3.95. The number of pyridine rings is 1. The van der Waals surface area contributed by atoms with E-state index in [1.165, 1.54) is 30.4 Å². The fraction of sp³-hybridized carbons (Fsp3) is 0.308. The van der Waals surface area contributed by atoms with E-state index in [4.69, 9.17) is 0 Å². The molecule has 1 amide bonds. The summed E-state index contributed by atoms with van der Waals surface area (Å²) < 4.78 is 0. The van der Waals surface area contributed by atoms with Crippen molar-refractivity contribution < 1.29 is 4.79 Å². The van der Waals surface area contributed by atoms with Crippen LogP contribution in [0.15, 0.2) is 54.9 Å². The first-order valence-corrected chi connectivity index (χ1v) is 11.1. The zero-order valence-corrected chi connectivity index (χ0v) is 17.0. The molecular weight excluding hydrogens is 370 g/mol. The Morgan fingerprint density at radius 1 is 0.967 bits per heavy atom. The molecule has 0 saturated heterocycles. The van der Waals surface area contributed by atoms with Gasteiger partial charge in [0.05, 0.1) is 5.54 Å². The third-order valence-electron chi connectivity index (χ3n) is 7.01. The topological polar surface area (TPSA) is 57.8 Å². The van der Waals surface area contributed by atoms with Crippen LogP contribution in [0.4, 0.5) is 0 Å². The number of aromatic amines is 1. The summed E-state index contributed by atoms with van der Waals surface area (Å²) >= 11 is 0. The number of nitrogens with one attached hydrogen (secondary N) is 2. The van der Waals surface area contributed by atoms with E-state index in [0.717, 1.165) is 59.0 Å². The van der Waals surface area contributed by atoms with Gasteiger partial charge in [0.15, 0.2) is 0 Å². The number of benzene rings is 1. The summed E-state index contributed by atoms with van der Waals surface area (Å²) in [5, 5.41) is 4.45. The van der Waals surface area contributed by atoms with E-state index < -0.39 is 0 Å². The molecule has 1 fully saturated rings. The van der Waals surface area contributed by atoms with Gasteiger partial charge in [0.1, 0.15) is 5.65 Å². The summed E-state index contributed by atoms with van der Waals surface area (Å²) in [6, 6.07) is 8.57. The Morgan fingerprint density at radius 3 is 2.70 bits per heavy atom. The molecular formula is C26H25N3O. The fourth-order valence-corrected chi connectivity index (χ4v) is 5.43. The number of allylic oxidation sites excluding steroid dienone is 4. The molecule has 1 spiro atoms. The Hall–Kier alpha value is -3.14. The Morgan fingerprint density at radius 2 is 1.87 bits per heavy atom. The van der Waals surface area contributed by atoms with Crippen LogP contribution in [0, 0.1) is 0 Å². The van der Waals surface area contributed by atoms with Gasteiger partial charge in [-0.1, -0.05) is 43.6 Å². The summed E-state index contributed by atoms with van der Waals surface area (Å²) in [7, 11) is 0. The van der Waals surface area contributed by atoms with Gasteiger partial charge in [-0.2, -0.15) is 0 Å². The van der Waals surface area contributed by atoms with Gasteiger partial charge >= 0.3 is 0 Å². The number of amides is 1. The molecule has 6 rings (SSSR count). The quantitative estimate of drug-likeness (QED) is 0.570.